The van der Waals surface area contributed by atoms with Crippen molar-refractivity contribution in [3.05, 3.63) is 58.4 Å². The molecule has 1 atom stereocenters. The van der Waals surface area contributed by atoms with Crippen LogP contribution in [-0.2, 0) is 4.74 Å². The Morgan fingerprint density at radius 3 is 2.71 bits per heavy atom. The molecule has 0 spiro atoms. The van der Waals surface area contributed by atoms with Gasteiger partial charge in [0.1, 0.15) is 17.1 Å². The van der Waals surface area contributed by atoms with Crippen LogP contribution in [-0.4, -0.2) is 28.7 Å². The fourth-order valence-electron chi connectivity index (χ4n) is 3.19. The highest BCUT2D eigenvalue weighted by Gasteiger charge is 2.25. The van der Waals surface area contributed by atoms with E-state index in [0.717, 1.165) is 29.9 Å². The first kappa shape index (κ1) is 19.7. The van der Waals surface area contributed by atoms with Crippen LogP contribution in [0.4, 0.5) is 5.69 Å². The highest BCUT2D eigenvalue weighted by Crippen LogP contribution is 2.30. The molecule has 0 saturated heterocycles. The Bertz CT molecular complexity index is 932. The minimum atomic E-state index is -0.633. The van der Waals surface area contributed by atoms with E-state index in [4.69, 9.17) is 9.47 Å². The lowest BCUT2D eigenvalue weighted by molar-refractivity contribution is 0.0522. The van der Waals surface area contributed by atoms with Gasteiger partial charge < -0.3 is 14.8 Å². The van der Waals surface area contributed by atoms with Crippen molar-refractivity contribution in [2.24, 2.45) is 0 Å². The first-order valence-corrected chi connectivity index (χ1v) is 9.52. The van der Waals surface area contributed by atoms with E-state index in [9.17, 15) is 9.59 Å². The monoisotopic (exact) mass is 383 g/mol. The molecule has 2 aromatic rings. The third-order valence-corrected chi connectivity index (χ3v) is 4.63. The van der Waals surface area contributed by atoms with Crippen LogP contribution < -0.4 is 15.6 Å². The van der Waals surface area contributed by atoms with Gasteiger partial charge in [0.15, 0.2) is 0 Å². The summed E-state index contributed by atoms with van der Waals surface area (Å²) in [5, 5.41) is 3.25. The summed E-state index contributed by atoms with van der Waals surface area (Å²) in [5.41, 5.74) is 1.44. The zero-order valence-electron chi connectivity index (χ0n) is 16.4. The maximum absolute atomic E-state index is 12.8. The van der Waals surface area contributed by atoms with E-state index >= 15 is 0 Å². The molecule has 0 bridgehead atoms. The van der Waals surface area contributed by atoms with Gasteiger partial charge in [0, 0.05) is 29.7 Å². The summed E-state index contributed by atoms with van der Waals surface area (Å²) in [6, 6.07) is 7.62. The second kappa shape index (κ2) is 8.73. The first-order chi connectivity index (χ1) is 13.5. The lowest BCUT2D eigenvalue weighted by Crippen LogP contribution is -2.34. The molecular formula is C21H25N3O4. The number of ether oxygens (including phenoxy) is 2. The van der Waals surface area contributed by atoms with Crippen molar-refractivity contribution in [2.45, 2.75) is 39.7 Å². The second-order valence-electron chi connectivity index (χ2n) is 6.55. The van der Waals surface area contributed by atoms with Crippen molar-refractivity contribution in [2.75, 3.05) is 18.5 Å². The maximum Gasteiger partial charge on any atom is 0.345 e. The number of carbonyl (C=O) groups excluding carboxylic acids is 1. The molecule has 1 aliphatic heterocycles. The van der Waals surface area contributed by atoms with E-state index < -0.39 is 5.97 Å². The van der Waals surface area contributed by atoms with Crippen LogP contribution >= 0.6 is 0 Å². The van der Waals surface area contributed by atoms with Gasteiger partial charge in [0.25, 0.3) is 5.56 Å². The fraction of sp³-hybridized carbons (Fsp3) is 0.381. The van der Waals surface area contributed by atoms with E-state index in [1.165, 1.54) is 6.20 Å². The average Bonchev–Trinajstić information content (AvgIpc) is 2.69. The lowest BCUT2D eigenvalue weighted by Gasteiger charge is -2.26. The summed E-state index contributed by atoms with van der Waals surface area (Å²) in [4.78, 5) is 29.2. The van der Waals surface area contributed by atoms with Crippen molar-refractivity contribution < 1.29 is 14.3 Å². The highest BCUT2D eigenvalue weighted by molar-refractivity contribution is 5.88. The van der Waals surface area contributed by atoms with Crippen molar-refractivity contribution in [3.8, 4) is 5.75 Å². The third-order valence-electron chi connectivity index (χ3n) is 4.63. The molecule has 0 amide bonds. The summed E-state index contributed by atoms with van der Waals surface area (Å²) >= 11 is 0. The summed E-state index contributed by atoms with van der Waals surface area (Å²) in [6.07, 6.45) is 4.76. The Morgan fingerprint density at radius 2 is 2.04 bits per heavy atom. The molecule has 1 aromatic heterocycles. The molecule has 0 fully saturated rings. The molecule has 3 rings (SSSR count). The molecule has 1 aromatic carbocycles. The van der Waals surface area contributed by atoms with Gasteiger partial charge in [-0.25, -0.2) is 9.78 Å². The number of esters is 1. The SMILES string of the molecule is CCOC(=O)c1cnc2n(c1=O)C(C)CC/C2=C\Nc1ccc(OCC)cc1. The zero-order valence-corrected chi connectivity index (χ0v) is 16.4. The minimum Gasteiger partial charge on any atom is -0.494 e. The van der Waals surface area contributed by atoms with Crippen molar-refractivity contribution in [3.63, 3.8) is 0 Å². The second-order valence-corrected chi connectivity index (χ2v) is 6.55. The van der Waals surface area contributed by atoms with Crippen LogP contribution in [0.3, 0.4) is 0 Å². The number of carbonyl (C=O) groups is 1. The number of benzene rings is 1. The summed E-state index contributed by atoms with van der Waals surface area (Å²) < 4.78 is 12.0. The highest BCUT2D eigenvalue weighted by atomic mass is 16.5. The molecule has 1 unspecified atom stereocenters. The topological polar surface area (TPSA) is 82.5 Å². The predicted octanol–water partition coefficient (Wildman–Crippen LogP) is 3.63. The summed E-state index contributed by atoms with van der Waals surface area (Å²) in [7, 11) is 0. The van der Waals surface area contributed by atoms with Crippen molar-refractivity contribution in [1.82, 2.24) is 9.55 Å². The molecule has 0 saturated carbocycles. The number of allylic oxidation sites excluding steroid dienone is 1. The number of anilines is 1. The minimum absolute atomic E-state index is 0.0295. The van der Waals surface area contributed by atoms with E-state index in [-0.39, 0.29) is 23.8 Å². The number of nitrogens with one attached hydrogen (secondary N) is 1. The van der Waals surface area contributed by atoms with E-state index in [1.807, 2.05) is 44.3 Å². The van der Waals surface area contributed by atoms with Gasteiger partial charge in [-0.2, -0.15) is 0 Å². The lowest BCUT2D eigenvalue weighted by atomic mass is 10.0. The summed E-state index contributed by atoms with van der Waals surface area (Å²) in [6.45, 7) is 6.45. The molecule has 0 aliphatic carbocycles. The zero-order chi connectivity index (χ0) is 20.1. The largest absolute Gasteiger partial charge is 0.494 e. The average molecular weight is 383 g/mol. The van der Waals surface area contributed by atoms with Gasteiger partial charge in [0.2, 0.25) is 0 Å². The molecule has 1 aliphatic rings. The molecule has 1 N–H and O–H groups in total. The normalized spacial score (nSPS) is 17.1. The first-order valence-electron chi connectivity index (χ1n) is 9.52. The number of hydrogen-bond donors (Lipinski definition) is 1. The molecule has 7 nitrogen and oxygen atoms in total. The predicted molar refractivity (Wildman–Crippen MR) is 108 cm³/mol. The molecule has 148 valence electrons. The van der Waals surface area contributed by atoms with E-state index in [0.29, 0.717) is 12.4 Å². The Kier molecular flexibility index (Phi) is 6.13. The van der Waals surface area contributed by atoms with Crippen LogP contribution in [0.5, 0.6) is 5.75 Å². The Balaban J connectivity index is 1.88. The van der Waals surface area contributed by atoms with E-state index in [2.05, 4.69) is 10.3 Å². The molecule has 2 heterocycles. The molecular weight excluding hydrogens is 358 g/mol. The van der Waals surface area contributed by atoms with Gasteiger partial charge in [-0.15, -0.1) is 0 Å². The quantitative estimate of drug-likeness (QED) is 0.767. The van der Waals surface area contributed by atoms with Crippen LogP contribution in [0.2, 0.25) is 0 Å². The molecule has 0 radical (unpaired) electrons. The van der Waals surface area contributed by atoms with Crippen molar-refractivity contribution in [1.29, 1.82) is 0 Å². The Morgan fingerprint density at radius 1 is 1.29 bits per heavy atom. The van der Waals surface area contributed by atoms with Crippen LogP contribution in [0.1, 0.15) is 55.8 Å². The smallest absolute Gasteiger partial charge is 0.345 e. The van der Waals surface area contributed by atoms with E-state index in [1.54, 1.807) is 11.5 Å². The number of fused-ring (bicyclic) bond motifs is 1. The van der Waals surface area contributed by atoms with Gasteiger partial charge >= 0.3 is 5.97 Å². The third kappa shape index (κ3) is 4.08. The fourth-order valence-corrected chi connectivity index (χ4v) is 3.19. The number of nitrogens with zero attached hydrogens (tertiary/aromatic N) is 2. The van der Waals surface area contributed by atoms with Crippen molar-refractivity contribution >= 4 is 17.2 Å². The number of aromatic nitrogens is 2. The number of rotatable bonds is 6. The number of hydrogen-bond acceptors (Lipinski definition) is 6. The molecule has 28 heavy (non-hydrogen) atoms. The summed E-state index contributed by atoms with van der Waals surface area (Å²) in [5.74, 6) is 0.763. The van der Waals surface area contributed by atoms with Gasteiger partial charge in [-0.3, -0.25) is 9.36 Å². The van der Waals surface area contributed by atoms with Crippen LogP contribution in [0.25, 0.3) is 5.57 Å². The van der Waals surface area contributed by atoms with Gasteiger partial charge in [-0.05, 0) is 57.9 Å². The molecule has 7 heteroatoms. The van der Waals surface area contributed by atoms with Gasteiger partial charge in [-0.1, -0.05) is 0 Å². The standard InChI is InChI=1S/C21H25N3O4/c1-4-27-17-10-8-16(9-11-17)22-12-15-7-6-14(3)24-19(15)23-13-18(20(24)25)21(26)28-5-2/h8-14,22H,4-7H2,1-3H3/b15-12+. The Hall–Kier alpha value is -3.09. The van der Waals surface area contributed by atoms with Crippen LogP contribution in [0.15, 0.2) is 41.5 Å². The Labute approximate surface area is 164 Å². The van der Waals surface area contributed by atoms with Crippen LogP contribution in [0, 0.1) is 0 Å². The maximum atomic E-state index is 12.8. The van der Waals surface area contributed by atoms with Gasteiger partial charge in [0.05, 0.1) is 13.2 Å².